The van der Waals surface area contributed by atoms with Crippen LogP contribution < -0.4 is 30.1 Å². The zero-order chi connectivity index (χ0) is 91.3. The summed E-state index contributed by atoms with van der Waals surface area (Å²) in [7, 11) is -6.56. The van der Waals surface area contributed by atoms with E-state index in [0.717, 1.165) is 6.20 Å². The van der Waals surface area contributed by atoms with E-state index in [1.807, 2.05) is 6.07 Å². The van der Waals surface area contributed by atoms with Crippen LogP contribution in [0.15, 0.2) is 315 Å². The Labute approximate surface area is 571 Å². The second-order valence-corrected chi connectivity index (χ2v) is 24.9. The van der Waals surface area contributed by atoms with E-state index in [-0.39, 0.29) is 50.7 Å². The molecule has 12 aromatic carbocycles. The summed E-state index contributed by atoms with van der Waals surface area (Å²) in [5.74, 6) is 0.254. The van der Waals surface area contributed by atoms with Gasteiger partial charge in [0.15, 0.2) is 8.07 Å². The molecule has 0 aliphatic carbocycles. The number of rotatable bonds is 13. The number of hydrogen-bond donors (Lipinski definition) is 0. The van der Waals surface area contributed by atoms with E-state index in [4.69, 9.17) is 33.0 Å². The molecule has 3 aromatic heterocycles. The molecule has 0 unspecified atom stereocenters. The molecule has 0 fully saturated rings. The molecule has 5 nitrogen and oxygen atoms in total. The van der Waals surface area contributed by atoms with Gasteiger partial charge in [-0.25, -0.2) is 4.98 Å². The standard InChI is InChI=1S/C83H64N4OSi/c1-58-48-81(84-56-75(58)61-32-15-7-16-33-61)87-76-43-24-23-42-72(76)73-47-46-68(55-79(73)87)88-67-35-27-34-66(54-67)85-57-86(78-45-26-25-44-77(78)85)82-74(64-50-62(59-28-11-5-12-29-59)49-63(51-64)60-30-13-6-14-31-60)52-65(83(2,3)4)53-80(82)89(69-36-17-8-18-37-69,70-38-19-9-20-39-70)71-40-21-10-22-41-71/h5-56H,1-4H3/i1D3,5D,6D,7D,8D,9D,10D,11D,12D,13D,14D,15D,16D,17D,18D,19D,20D,21D,22D,28D,29D,30D,31D,32D,33D,36D,37D,38D,39D,40D,41D,49D,50D,51D. The van der Waals surface area contributed by atoms with Crippen LogP contribution in [-0.2, 0) is 5.41 Å². The van der Waals surface area contributed by atoms with Crippen LogP contribution in [0.4, 0.5) is 0 Å². The Morgan fingerprint density at radius 1 is 0.483 bits per heavy atom. The average Bonchev–Trinajstić information content (AvgIpc) is 1.22. The molecular formula is C83H64N4OSi. The van der Waals surface area contributed by atoms with E-state index < -0.39 is 285 Å². The minimum Gasteiger partial charge on any atom is -0.458 e. The number of nitrogens with zero attached hydrogens (tertiary/aromatic N) is 4. The predicted octanol–water partition coefficient (Wildman–Crippen LogP) is 17.6. The molecule has 0 N–H and O–H groups in total. The molecule has 0 amide bonds. The van der Waals surface area contributed by atoms with E-state index >= 15 is 0 Å². The molecule has 0 saturated carbocycles. The first-order chi connectivity index (χ1) is 58.6. The van der Waals surface area contributed by atoms with Crippen molar-refractivity contribution in [2.45, 2.75) is 33.0 Å². The predicted molar refractivity (Wildman–Crippen MR) is 371 cm³/mol. The Bertz CT molecular complexity index is 6860. The number of benzene rings is 12. The van der Waals surface area contributed by atoms with E-state index in [1.54, 1.807) is 92.1 Å². The molecule has 3 heterocycles. The highest BCUT2D eigenvalue weighted by atomic mass is 28.3. The van der Waals surface area contributed by atoms with Gasteiger partial charge in [0.05, 0.1) is 78.7 Å². The molecule has 89 heavy (non-hydrogen) atoms. The first kappa shape index (κ1) is 28.3. The van der Waals surface area contributed by atoms with Gasteiger partial charge < -0.3 is 4.74 Å². The summed E-state index contributed by atoms with van der Waals surface area (Å²) in [6.07, 6.45) is 4.48. The van der Waals surface area contributed by atoms with Crippen molar-refractivity contribution in [3.8, 4) is 73.2 Å². The van der Waals surface area contributed by atoms with Crippen molar-refractivity contribution < 1.29 is 58.7 Å². The van der Waals surface area contributed by atoms with Crippen LogP contribution in [0.5, 0.6) is 11.5 Å². The van der Waals surface area contributed by atoms with Crippen LogP contribution in [0.2, 0.25) is 0 Å². The van der Waals surface area contributed by atoms with Crippen molar-refractivity contribution in [1.82, 2.24) is 14.1 Å². The minimum atomic E-state index is -6.56. The maximum Gasteiger partial charge on any atom is 0.269 e. The van der Waals surface area contributed by atoms with E-state index in [2.05, 4.69) is 6.33 Å². The molecule has 0 spiro atoms. The van der Waals surface area contributed by atoms with Crippen molar-refractivity contribution in [3.05, 3.63) is 332 Å². The summed E-state index contributed by atoms with van der Waals surface area (Å²) in [5, 5.41) is -2.39. The summed E-state index contributed by atoms with van der Waals surface area (Å²) >= 11 is 0. The smallest absolute Gasteiger partial charge is 0.269 e. The molecule has 0 atom stereocenters. The van der Waals surface area contributed by atoms with Crippen LogP contribution >= 0.6 is 0 Å². The number of para-hydroxylation sites is 3. The summed E-state index contributed by atoms with van der Waals surface area (Å²) < 4.78 is 350. The fourth-order valence-corrected chi connectivity index (χ4v) is 15.2. The first-order valence-electron chi connectivity index (χ1n) is 45.6. The van der Waals surface area contributed by atoms with Crippen molar-refractivity contribution in [2.24, 2.45) is 0 Å². The first-order valence-corrected chi connectivity index (χ1v) is 29.6. The van der Waals surface area contributed by atoms with Crippen molar-refractivity contribution >= 4 is 61.7 Å². The lowest BCUT2D eigenvalue weighted by molar-refractivity contribution is -0.570. The van der Waals surface area contributed by atoms with Gasteiger partial charge in [-0.2, -0.15) is 0 Å². The third-order valence-electron chi connectivity index (χ3n) is 15.2. The highest BCUT2D eigenvalue weighted by Crippen LogP contribution is 2.40. The van der Waals surface area contributed by atoms with Crippen molar-refractivity contribution in [3.63, 3.8) is 0 Å². The van der Waals surface area contributed by atoms with Crippen molar-refractivity contribution in [2.75, 3.05) is 0 Å². The van der Waals surface area contributed by atoms with Gasteiger partial charge in [-0.3, -0.25) is 13.7 Å². The van der Waals surface area contributed by atoms with Gasteiger partial charge in [0.25, 0.3) is 6.33 Å². The summed E-state index contributed by atoms with van der Waals surface area (Å²) in [6.45, 7) is 1.86. The normalized spacial score (nSPS) is 17.7. The Balaban J connectivity index is 1.11. The van der Waals surface area contributed by atoms with Gasteiger partial charge in [0.1, 0.15) is 17.3 Å². The van der Waals surface area contributed by atoms with Crippen LogP contribution in [-0.4, -0.2) is 22.2 Å². The summed E-state index contributed by atoms with van der Waals surface area (Å²) in [6, 6.07) is -6.00. The number of hydrogen-bond acceptors (Lipinski definition) is 2. The Hall–Kier alpha value is -10.9. The maximum absolute atomic E-state index is 10.8. The second-order valence-electron chi connectivity index (χ2n) is 21.4. The monoisotopic (exact) mass is 1200 g/mol. The quantitative estimate of drug-likeness (QED) is 0.0499. The zero-order valence-corrected chi connectivity index (χ0v) is 48.2. The average molecular weight is 1200 g/mol. The molecule has 0 saturated heterocycles. The summed E-state index contributed by atoms with van der Waals surface area (Å²) in [5.41, 5.74) is -7.10. The highest BCUT2D eigenvalue weighted by Gasteiger charge is 2.45. The largest absolute Gasteiger partial charge is 0.458 e. The fraction of sp³-hybridized carbons (Fsp3) is 0.0602. The maximum atomic E-state index is 10.8. The molecule has 0 bridgehead atoms. The van der Waals surface area contributed by atoms with Crippen LogP contribution in [0.25, 0.3) is 94.5 Å². The highest BCUT2D eigenvalue weighted by molar-refractivity contribution is 7.20. The van der Waals surface area contributed by atoms with Crippen LogP contribution in [0.1, 0.15) is 81.2 Å². The lowest BCUT2D eigenvalue weighted by atomic mass is 9.84. The summed E-state index contributed by atoms with van der Waals surface area (Å²) in [4.78, 5) is 4.70. The number of fused-ring (bicyclic) bond motifs is 4. The van der Waals surface area contributed by atoms with Gasteiger partial charge in [0.2, 0.25) is 0 Å². The number of ether oxygens (including phenoxy) is 1. The van der Waals surface area contributed by atoms with Gasteiger partial charge in [0, 0.05) is 32.7 Å². The van der Waals surface area contributed by atoms with Gasteiger partial charge in [-0.05, 0) is 144 Å². The molecule has 15 rings (SSSR count). The van der Waals surface area contributed by atoms with Crippen LogP contribution in [0, 0.1) is 13.2 Å². The Morgan fingerprint density at radius 2 is 1.02 bits per heavy atom. The van der Waals surface area contributed by atoms with E-state index in [1.165, 1.54) is 45.5 Å². The number of imidazole rings is 1. The lowest BCUT2D eigenvalue weighted by Gasteiger charge is -2.38. The SMILES string of the molecule is [2H]c1c([2H])c([2H])c(-c2cnc(-n3c4ccccc4c4ccc(Oc5cccc(-n6[c-][n+](-c7c(-c8c([2H])c(-c9c([2H])c([2H])c([2H])c([2H])c9[2H])c([2H])c(-c9c([2H])c([2H])c([2H])c([2H])c9[2H])c8[2H])cc(C(C)(C)C)cc7[Si](c7c([2H])c([2H])c([2H])c([2H])c7[2H])(c7c([2H])c([2H])c([2H])c([2H])c7[2H])c7c([2H])c([2H])c([2H])c([2H])c7[2H])c7ccccc76)c5)cc43)cc2C([2H])([2H])[2H])c([2H])c1[2H]. The molecule has 6 heteroatoms. The Morgan fingerprint density at radius 3 is 1.63 bits per heavy atom. The fourth-order valence-electron chi connectivity index (χ4n) is 11.1. The van der Waals surface area contributed by atoms with Gasteiger partial charge in [-0.1, -0.05) is 263 Å². The number of pyridine rings is 1. The molecule has 0 radical (unpaired) electrons. The second kappa shape index (κ2) is 22.7. The van der Waals surface area contributed by atoms with Crippen molar-refractivity contribution in [1.29, 1.82) is 0 Å². The minimum absolute atomic E-state index is 0.0328. The molecule has 0 aliphatic rings. The van der Waals surface area contributed by atoms with E-state index in [9.17, 15) is 26.0 Å². The zero-order valence-electron chi connectivity index (χ0n) is 83.2. The van der Waals surface area contributed by atoms with Gasteiger partial charge in [-0.15, -0.1) is 0 Å². The van der Waals surface area contributed by atoms with E-state index in [0.29, 0.717) is 21.8 Å². The number of aryl methyl sites for hydroxylation is 1. The number of aromatic nitrogens is 4. The lowest BCUT2D eigenvalue weighted by Crippen LogP contribution is -2.76. The molecule has 15 aromatic rings. The van der Waals surface area contributed by atoms with Crippen LogP contribution in [0.3, 0.4) is 0 Å². The topological polar surface area (TPSA) is 35.9 Å². The third kappa shape index (κ3) is 9.94. The molecule has 0 aliphatic heterocycles. The molecule has 426 valence electrons. The third-order valence-corrected chi connectivity index (χ3v) is 19.3. The molecular weight excluding hydrogens is 1100 g/mol. The van der Waals surface area contributed by atoms with Gasteiger partial charge >= 0.3 is 0 Å². The Kier molecular flexibility index (Phi) is 7.22.